The van der Waals surface area contributed by atoms with Gasteiger partial charge >= 0.3 is 5.97 Å². The van der Waals surface area contributed by atoms with Crippen LogP contribution < -0.4 is 15.0 Å². The fourth-order valence-electron chi connectivity index (χ4n) is 3.54. The molecule has 0 aromatic heterocycles. The predicted octanol–water partition coefficient (Wildman–Crippen LogP) is 6.77. The molecule has 0 fully saturated rings. The first-order chi connectivity index (χ1) is 16.7. The van der Waals surface area contributed by atoms with E-state index < -0.39 is 17.8 Å². The minimum absolute atomic E-state index is 0.108. The lowest BCUT2D eigenvalue weighted by Crippen LogP contribution is -2.32. The Balaban J connectivity index is 1.50. The summed E-state index contributed by atoms with van der Waals surface area (Å²) in [5, 5.41) is 3.07. The van der Waals surface area contributed by atoms with Gasteiger partial charge in [0, 0.05) is 10.7 Å². The van der Waals surface area contributed by atoms with Gasteiger partial charge in [0.05, 0.1) is 16.3 Å². The third kappa shape index (κ3) is 5.05. The second-order valence-electron chi connectivity index (χ2n) is 8.01. The van der Waals surface area contributed by atoms with Crippen molar-refractivity contribution in [3.8, 4) is 5.75 Å². The van der Waals surface area contributed by atoms with Gasteiger partial charge in [-0.05, 0) is 60.0 Å². The number of amides is 2. The number of ether oxygens (including phenoxy) is 1. The van der Waals surface area contributed by atoms with Crippen LogP contribution in [0.2, 0.25) is 10.0 Å². The first kappa shape index (κ1) is 24.8. The number of imide groups is 1. The zero-order valence-corrected chi connectivity index (χ0v) is 20.9. The fourth-order valence-corrected chi connectivity index (χ4v) is 4.24. The van der Waals surface area contributed by atoms with Crippen molar-refractivity contribution in [1.82, 2.24) is 0 Å². The Morgan fingerprint density at radius 3 is 2.26 bits per heavy atom. The molecule has 0 aliphatic carbocycles. The maximum absolute atomic E-state index is 13.0. The monoisotopic (exact) mass is 528 g/mol. The molecule has 0 saturated carbocycles. The van der Waals surface area contributed by atoms with Crippen LogP contribution in [0.4, 0.5) is 11.4 Å². The normalized spacial score (nSPS) is 13.6. The molecule has 0 radical (unpaired) electrons. The Labute approximate surface area is 217 Å². The van der Waals surface area contributed by atoms with Gasteiger partial charge in [-0.25, -0.2) is 9.69 Å². The van der Waals surface area contributed by atoms with Crippen molar-refractivity contribution in [2.24, 2.45) is 0 Å². The number of anilines is 2. The molecule has 3 aromatic carbocycles. The lowest BCUT2D eigenvalue weighted by Gasteiger charge is -2.16. The number of rotatable bonds is 6. The summed E-state index contributed by atoms with van der Waals surface area (Å²) >= 11 is 18.3. The minimum atomic E-state index is -0.715. The molecule has 6 nitrogen and oxygen atoms in total. The van der Waals surface area contributed by atoms with E-state index in [4.69, 9.17) is 39.5 Å². The maximum atomic E-state index is 13.0. The summed E-state index contributed by atoms with van der Waals surface area (Å²) in [7, 11) is 0. The molecule has 3 aromatic rings. The number of carbonyl (C=O) groups is 3. The van der Waals surface area contributed by atoms with E-state index >= 15 is 0 Å². The van der Waals surface area contributed by atoms with Gasteiger partial charge in [0.1, 0.15) is 16.5 Å². The van der Waals surface area contributed by atoms with E-state index in [1.165, 1.54) is 18.2 Å². The zero-order valence-electron chi connectivity index (χ0n) is 18.6. The number of esters is 1. The van der Waals surface area contributed by atoms with E-state index in [9.17, 15) is 14.4 Å². The summed E-state index contributed by atoms with van der Waals surface area (Å²) in [6.45, 7) is 4.04. The van der Waals surface area contributed by atoms with Crippen molar-refractivity contribution < 1.29 is 19.1 Å². The molecule has 0 unspecified atom stereocenters. The molecule has 35 heavy (non-hydrogen) atoms. The third-order valence-electron chi connectivity index (χ3n) is 5.31. The van der Waals surface area contributed by atoms with Crippen LogP contribution in [0.5, 0.6) is 5.75 Å². The summed E-state index contributed by atoms with van der Waals surface area (Å²) in [6, 6.07) is 18.0. The summed E-state index contributed by atoms with van der Waals surface area (Å²) in [6.07, 6.45) is 0. The molecule has 1 heterocycles. The zero-order chi connectivity index (χ0) is 25.3. The van der Waals surface area contributed by atoms with Gasteiger partial charge in [-0.3, -0.25) is 9.59 Å². The van der Waals surface area contributed by atoms with Crippen molar-refractivity contribution in [2.45, 2.75) is 19.8 Å². The van der Waals surface area contributed by atoms with Gasteiger partial charge in [0.25, 0.3) is 11.8 Å². The van der Waals surface area contributed by atoms with Crippen LogP contribution >= 0.6 is 34.8 Å². The van der Waals surface area contributed by atoms with Gasteiger partial charge in [-0.2, -0.15) is 0 Å². The smallest absolute Gasteiger partial charge is 0.343 e. The van der Waals surface area contributed by atoms with E-state index in [1.54, 1.807) is 36.4 Å². The van der Waals surface area contributed by atoms with Crippen molar-refractivity contribution in [1.29, 1.82) is 0 Å². The van der Waals surface area contributed by atoms with Crippen LogP contribution in [0, 0.1) is 0 Å². The van der Waals surface area contributed by atoms with Crippen LogP contribution in [0.25, 0.3) is 0 Å². The molecular weight excluding hydrogens is 511 g/mol. The molecular formula is C26H19Cl3N2O4. The minimum Gasteiger partial charge on any atom is -0.423 e. The highest BCUT2D eigenvalue weighted by Gasteiger charge is 2.39. The van der Waals surface area contributed by atoms with Gasteiger partial charge < -0.3 is 10.1 Å². The van der Waals surface area contributed by atoms with Gasteiger partial charge in [-0.15, -0.1) is 0 Å². The molecule has 1 aliphatic heterocycles. The summed E-state index contributed by atoms with van der Waals surface area (Å²) < 4.78 is 5.58. The molecule has 0 atom stereocenters. The molecule has 4 rings (SSSR count). The van der Waals surface area contributed by atoms with Crippen LogP contribution in [-0.4, -0.2) is 17.8 Å². The average molecular weight is 530 g/mol. The second-order valence-corrected chi connectivity index (χ2v) is 9.24. The van der Waals surface area contributed by atoms with Gasteiger partial charge in [0.15, 0.2) is 0 Å². The number of carbonyl (C=O) groups excluding carboxylic acids is 3. The van der Waals surface area contributed by atoms with E-state index in [0.717, 1.165) is 10.5 Å². The first-order valence-electron chi connectivity index (χ1n) is 10.6. The third-order valence-corrected chi connectivity index (χ3v) is 6.20. The quantitative estimate of drug-likeness (QED) is 0.217. The molecule has 9 heteroatoms. The summed E-state index contributed by atoms with van der Waals surface area (Å²) in [5.41, 5.74) is 1.75. The molecule has 1 N–H and O–H groups in total. The number of benzene rings is 3. The van der Waals surface area contributed by atoms with Gasteiger partial charge in [-0.1, -0.05) is 66.8 Å². The molecule has 0 saturated heterocycles. The van der Waals surface area contributed by atoms with E-state index in [0.29, 0.717) is 22.0 Å². The molecule has 178 valence electrons. The maximum Gasteiger partial charge on any atom is 0.343 e. The number of nitrogens with one attached hydrogen (secondary N) is 1. The van der Waals surface area contributed by atoms with Crippen LogP contribution in [0.15, 0.2) is 77.5 Å². The number of hydrogen-bond donors (Lipinski definition) is 1. The van der Waals surface area contributed by atoms with Crippen molar-refractivity contribution in [3.63, 3.8) is 0 Å². The molecule has 1 aliphatic rings. The Hall–Kier alpha value is -3.32. The number of hydrogen-bond acceptors (Lipinski definition) is 5. The number of nitrogens with zero attached hydrogens (tertiary/aromatic N) is 1. The fraction of sp³-hybridized carbons (Fsp3) is 0.115. The predicted molar refractivity (Wildman–Crippen MR) is 137 cm³/mol. The second kappa shape index (κ2) is 10.1. The van der Waals surface area contributed by atoms with Crippen LogP contribution in [0.3, 0.4) is 0 Å². The van der Waals surface area contributed by atoms with Crippen LogP contribution in [0.1, 0.15) is 35.7 Å². The lowest BCUT2D eigenvalue weighted by atomic mass is 10.0. The Bertz CT molecular complexity index is 1370. The van der Waals surface area contributed by atoms with E-state index in [2.05, 4.69) is 5.32 Å². The van der Waals surface area contributed by atoms with Gasteiger partial charge in [0.2, 0.25) is 0 Å². The molecule has 0 bridgehead atoms. The highest BCUT2D eigenvalue weighted by Crippen LogP contribution is 2.35. The average Bonchev–Trinajstić information content (AvgIpc) is 3.03. The van der Waals surface area contributed by atoms with E-state index in [1.807, 2.05) is 26.0 Å². The van der Waals surface area contributed by atoms with E-state index in [-0.39, 0.29) is 27.4 Å². The highest BCUT2D eigenvalue weighted by molar-refractivity contribution is 6.53. The standard InChI is InChI=1S/C26H19Cl3N2O4/c1-14(2)18-5-3-4-6-21(18)35-26(34)15-7-10-17(11-8-15)30-23-22(29)24(32)31(25(23)33)20-12-9-16(27)13-19(20)28/h3-14,30H,1-2H3. The first-order valence-corrected chi connectivity index (χ1v) is 11.7. The van der Waals surface area contributed by atoms with Crippen LogP contribution in [-0.2, 0) is 9.59 Å². The molecule has 0 spiro atoms. The number of para-hydroxylation sites is 1. The van der Waals surface area contributed by atoms with Crippen molar-refractivity contribution in [2.75, 3.05) is 10.2 Å². The Morgan fingerprint density at radius 2 is 1.60 bits per heavy atom. The topological polar surface area (TPSA) is 75.7 Å². The molecule has 2 amide bonds. The Morgan fingerprint density at radius 1 is 0.914 bits per heavy atom. The summed E-state index contributed by atoms with van der Waals surface area (Å²) in [4.78, 5) is 39.2. The van der Waals surface area contributed by atoms with Crippen molar-refractivity contribution >= 4 is 64.0 Å². The lowest BCUT2D eigenvalue weighted by molar-refractivity contribution is -0.120. The SMILES string of the molecule is CC(C)c1ccccc1OC(=O)c1ccc(NC2=C(Cl)C(=O)N(c3ccc(Cl)cc3Cl)C2=O)cc1. The summed E-state index contributed by atoms with van der Waals surface area (Å²) in [5.74, 6) is -1.21. The largest absolute Gasteiger partial charge is 0.423 e. The Kier molecular flexibility index (Phi) is 7.17. The number of halogens is 3. The highest BCUT2D eigenvalue weighted by atomic mass is 35.5. The van der Waals surface area contributed by atoms with Crippen molar-refractivity contribution in [3.05, 3.63) is 98.6 Å².